The Morgan fingerprint density at radius 2 is 0.706 bits per heavy atom. The van der Waals surface area contributed by atoms with Crippen molar-refractivity contribution >= 4 is 118 Å². The number of nitrogens with zero attached hydrogens (tertiary/aromatic N) is 9. The Hall–Kier alpha value is -13.7. The summed E-state index contributed by atoms with van der Waals surface area (Å²) in [6, 6.07) is 55.0. The highest BCUT2D eigenvalue weighted by molar-refractivity contribution is 6.11. The first-order valence-corrected chi connectivity index (χ1v) is 43.5. The van der Waals surface area contributed by atoms with Crippen LogP contribution in [-0.4, -0.2) is 202 Å². The third-order valence-electron chi connectivity index (χ3n) is 22.8. The summed E-state index contributed by atoms with van der Waals surface area (Å²) < 4.78 is 20.6. The van der Waals surface area contributed by atoms with Crippen LogP contribution in [-0.2, 0) is 38.1 Å². The van der Waals surface area contributed by atoms with Crippen LogP contribution in [0.25, 0.3) is 68.8 Å². The summed E-state index contributed by atoms with van der Waals surface area (Å²) in [6.07, 6.45) is 17.5. The van der Waals surface area contributed by atoms with E-state index in [-0.39, 0.29) is 60.0 Å². The van der Waals surface area contributed by atoms with Gasteiger partial charge in [0.1, 0.15) is 23.3 Å². The van der Waals surface area contributed by atoms with Crippen LogP contribution in [0.5, 0.6) is 0 Å². The Morgan fingerprint density at radius 1 is 0.405 bits per heavy atom. The zero-order valence-corrected chi connectivity index (χ0v) is 73.3. The largest absolute Gasteiger partial charge is 0.466 e. The number of carbonyl (C=O) groups is 8. The first-order valence-electron chi connectivity index (χ1n) is 43.5. The van der Waals surface area contributed by atoms with Crippen molar-refractivity contribution in [3.8, 4) is 44.5 Å². The van der Waals surface area contributed by atoms with E-state index in [4.69, 9.17) is 29.8 Å². The van der Waals surface area contributed by atoms with E-state index in [1.807, 2.05) is 241 Å². The first kappa shape index (κ1) is 90.1. The summed E-state index contributed by atoms with van der Waals surface area (Å²) >= 11 is 0. The van der Waals surface area contributed by atoms with Crippen molar-refractivity contribution in [3.05, 3.63) is 237 Å². The molecular weight excluding hydrogens is 1590 g/mol. The predicted molar refractivity (Wildman–Crippen MR) is 499 cm³/mol. The van der Waals surface area contributed by atoms with Gasteiger partial charge in [-0.3, -0.25) is 29.2 Å². The number of benzene rings is 8. The maximum Gasteiger partial charge on any atom is 0.334 e. The minimum absolute atomic E-state index is 0.0872. The van der Waals surface area contributed by atoms with E-state index in [9.17, 15) is 38.4 Å². The Bertz CT molecular complexity index is 5640. The molecule has 8 aromatic carbocycles. The third-order valence-corrected chi connectivity index (χ3v) is 22.8. The van der Waals surface area contributed by atoms with Gasteiger partial charge in [-0.2, -0.15) is 0 Å². The van der Waals surface area contributed by atoms with E-state index in [1.54, 1.807) is 33.9 Å². The average molecular weight is 1700 g/mol. The minimum Gasteiger partial charge on any atom is -0.466 e. The zero-order chi connectivity index (χ0) is 88.9. The lowest BCUT2D eigenvalue weighted by atomic mass is 9.99. The highest BCUT2D eigenvalue weighted by Gasteiger charge is 2.29. The number of anilines is 2. The van der Waals surface area contributed by atoms with E-state index >= 15 is 0 Å². The lowest BCUT2D eigenvalue weighted by Crippen LogP contribution is -2.31. The van der Waals surface area contributed by atoms with E-state index in [2.05, 4.69) is 31.0 Å². The molecule has 5 N–H and O–H groups in total. The highest BCUT2D eigenvalue weighted by Crippen LogP contribution is 2.38. The maximum atomic E-state index is 12.6. The van der Waals surface area contributed by atoms with Crippen LogP contribution in [0, 0.1) is 0 Å². The van der Waals surface area contributed by atoms with Crippen molar-refractivity contribution in [1.82, 2.24) is 29.9 Å². The van der Waals surface area contributed by atoms with Crippen LogP contribution in [0.4, 0.5) is 22.7 Å². The molecule has 4 amide bonds. The van der Waals surface area contributed by atoms with Crippen LogP contribution in [0.15, 0.2) is 212 Å². The van der Waals surface area contributed by atoms with Crippen LogP contribution in [0.3, 0.4) is 0 Å². The van der Waals surface area contributed by atoms with Crippen molar-refractivity contribution in [2.45, 2.75) is 118 Å². The number of rotatable bonds is 16. The average Bonchev–Trinajstić information content (AvgIpc) is 1.55. The third kappa shape index (κ3) is 22.6. The number of carbonyl (C=O) groups excluding carboxylic acids is 8. The molecule has 8 aliphatic rings. The predicted octanol–water partition coefficient (Wildman–Crippen LogP) is 17.1. The monoisotopic (exact) mass is 1700 g/mol. The van der Waals surface area contributed by atoms with Crippen molar-refractivity contribution < 1.29 is 57.3 Å². The van der Waals surface area contributed by atoms with E-state index < -0.39 is 0 Å². The van der Waals surface area contributed by atoms with Gasteiger partial charge in [0.05, 0.1) is 38.3 Å². The molecule has 16 rings (SSSR count). The maximum absolute atomic E-state index is 12.6. The Labute approximate surface area is 736 Å². The molecule has 0 saturated carbocycles. The summed E-state index contributed by atoms with van der Waals surface area (Å²) in [5.41, 5.74) is 22.4. The van der Waals surface area contributed by atoms with Gasteiger partial charge < -0.3 is 59.5 Å². The number of ether oxygens (including phenoxy) is 4. The number of likely N-dealkylation sites (tertiary alicyclic amines) is 4. The molecule has 0 bridgehead atoms. The van der Waals surface area contributed by atoms with Crippen molar-refractivity contribution in [2.24, 2.45) is 25.8 Å². The second-order valence-electron chi connectivity index (χ2n) is 32.2. The molecule has 8 aliphatic heterocycles. The topological polar surface area (TPSA) is 301 Å². The molecule has 8 heterocycles. The van der Waals surface area contributed by atoms with Crippen LogP contribution < -0.4 is 21.9 Å². The second kappa shape index (κ2) is 42.6. The molecule has 652 valence electrons. The van der Waals surface area contributed by atoms with Crippen molar-refractivity contribution in [1.29, 1.82) is 0 Å². The van der Waals surface area contributed by atoms with E-state index in [0.717, 1.165) is 227 Å². The molecule has 0 atom stereocenters. The molecule has 0 spiro atoms. The van der Waals surface area contributed by atoms with Gasteiger partial charge in [0.2, 0.25) is 0 Å². The Kier molecular flexibility index (Phi) is 30.5. The lowest BCUT2D eigenvalue weighted by molar-refractivity contribution is -0.139. The van der Waals surface area contributed by atoms with Gasteiger partial charge in [0.25, 0.3) is 23.6 Å². The number of amides is 4. The number of hydrogen-bond acceptors (Lipinski definition) is 19. The van der Waals surface area contributed by atoms with Gasteiger partial charge in [-0.15, -0.1) is 0 Å². The molecule has 4 fully saturated rings. The van der Waals surface area contributed by atoms with E-state index in [1.165, 1.54) is 7.11 Å². The molecule has 25 heteroatoms. The number of hydrazine groups is 1. The lowest BCUT2D eigenvalue weighted by Gasteiger charge is -2.15. The van der Waals surface area contributed by atoms with Gasteiger partial charge in [-0.05, 0) is 263 Å². The molecule has 25 nitrogen and oxygen atoms in total. The molecule has 4 saturated heterocycles. The fourth-order valence-electron chi connectivity index (χ4n) is 16.1. The van der Waals surface area contributed by atoms with Crippen LogP contribution >= 0.6 is 0 Å². The van der Waals surface area contributed by atoms with Crippen molar-refractivity contribution in [3.63, 3.8) is 0 Å². The highest BCUT2D eigenvalue weighted by atomic mass is 16.5. The fraction of sp³-hybridized carbons (Fsp3) is 0.327. The number of methoxy groups -OCH3 is 1. The SMILES string of the molecule is CCOC(=O)C1=Cc2cc(-c3ccc(C(=O)N4CCCC4)cc3)ccc2N=C(N(C)C)C1.CCOC(=O)C1=Cc2cc(-c3ccc(C(=O)N4CCCC4)cc3)ccc2N=C(NN)C1.CCOC(=O)C1=Cc2cc(-c3ccc(C(=O)N4CCCC4)cc3)ccc2NC(=NC)C1.COC(=O)C1=Cc2cc(-c3ccc(C(=O)N4CCCC4)cc3)ccc2NC(=NC(C)C)C1. The van der Waals surface area contributed by atoms with Crippen LogP contribution in [0.1, 0.15) is 175 Å². The molecule has 8 aromatic rings. The summed E-state index contributed by atoms with van der Waals surface area (Å²) in [4.78, 5) is 128. The number of hydrogen-bond donors (Lipinski definition) is 4. The zero-order valence-electron chi connectivity index (χ0n) is 73.3. The molecule has 0 aliphatic carbocycles. The summed E-state index contributed by atoms with van der Waals surface area (Å²) in [5, 5.41) is 6.68. The number of aliphatic imine (C=N–C) groups is 4. The molecule has 126 heavy (non-hydrogen) atoms. The molecule has 0 radical (unpaired) electrons. The van der Waals surface area contributed by atoms with Crippen LogP contribution in [0.2, 0.25) is 0 Å². The first-order chi connectivity index (χ1) is 61.1. The molecular formula is C101H111N13O12. The Balaban J connectivity index is 0.000000144. The normalized spacial score (nSPS) is 16.2. The minimum atomic E-state index is -0.381. The smallest absolute Gasteiger partial charge is 0.334 e. The molecule has 0 unspecified atom stereocenters. The van der Waals surface area contributed by atoms with E-state index in [0.29, 0.717) is 72.8 Å². The number of amidine groups is 4. The molecule has 0 aromatic heterocycles. The van der Waals surface area contributed by atoms with Gasteiger partial charge in [0, 0.05) is 172 Å². The second-order valence-corrected chi connectivity index (χ2v) is 32.2. The van der Waals surface area contributed by atoms with Gasteiger partial charge in [-0.1, -0.05) is 72.8 Å². The fourth-order valence-corrected chi connectivity index (χ4v) is 16.1. The summed E-state index contributed by atoms with van der Waals surface area (Å²) in [7, 11) is 6.94. The number of fused-ring (bicyclic) bond motifs is 4. The summed E-state index contributed by atoms with van der Waals surface area (Å²) in [6.45, 7) is 17.1. The van der Waals surface area contributed by atoms with Gasteiger partial charge in [0.15, 0.2) is 0 Å². The van der Waals surface area contributed by atoms with Gasteiger partial charge >= 0.3 is 23.9 Å². The Morgan fingerprint density at radius 3 is 1.04 bits per heavy atom. The number of nitrogens with two attached hydrogens (primary N) is 1. The quantitative estimate of drug-likeness (QED) is 0.0302. The summed E-state index contributed by atoms with van der Waals surface area (Å²) in [5.74, 6) is 7.35. The number of esters is 4. The van der Waals surface area contributed by atoms with Crippen molar-refractivity contribution in [2.75, 3.05) is 111 Å². The number of nitrogens with one attached hydrogen (secondary N) is 3. The van der Waals surface area contributed by atoms with Gasteiger partial charge in [-0.25, -0.2) is 35.0 Å². The standard InChI is InChI=1S/2C26H29N3O3.C25H27N3O3.C24H26N4O3/c1-17(2)27-24-16-22(26(31)32-3)15-21-14-20(10-11-23(21)28-24)18-6-8-19(9-7-18)25(30)29-12-4-5-13-29;1-4-32-26(31)22-16-21-15-20(11-12-23(21)27-24(17-22)28(2)3)18-7-9-19(10-8-18)25(30)29-13-5-6-14-29;1-3-31-25(30)21-15-20-14-19(10-11-22(20)27-23(16-21)26-2)17-6-8-18(9-7-17)24(29)28-12-4-5-13-28;1-2-31-24(30)20-14-19-13-18(9-10-21(19)26-22(15-20)27-25)16-5-7-17(8-6-16)23(29)28-11-3-4-12-28/h6-11,14-15,17H,4-5,12-13,16H2,1-3H3,(H,27,28);7-12,15-16H,4-6,13-14,17H2,1-3H3;6-11,14-15H,3-5,12-13,16H2,1-2H3,(H,26,27);5-10,13-14H,2-4,11-12,15,25H2,1H3,(H,26,27).